The summed E-state index contributed by atoms with van der Waals surface area (Å²) >= 11 is 0. The monoisotopic (exact) mass is 366 g/mol. The van der Waals surface area contributed by atoms with Crippen LogP contribution in [0, 0.1) is 11.8 Å². The maximum Gasteiger partial charge on any atom is 0.225 e. The van der Waals surface area contributed by atoms with Crippen LogP contribution in [-0.2, 0) is 21.1 Å². The Morgan fingerprint density at radius 2 is 2.00 bits per heavy atom. The van der Waals surface area contributed by atoms with Gasteiger partial charge in [0.2, 0.25) is 11.9 Å². The molecule has 3 atom stereocenters. The molecule has 2 fully saturated rings. The Hall–Kier alpha value is -1.70. The Morgan fingerprint density at radius 1 is 1.32 bits per heavy atom. The number of carbonyl (C=O) groups excluding carboxylic acids is 1. The standard InChI is InChI=1S/C17H26N4O3S/c1-4-12-7-18-17(19-8-12)21-9-14-13(16(22)20-11(2)3)5-6-25(23,24)15(14)10-21/h7-8,11,13-15H,4-6,9-10H2,1-3H3,(H,20,22)/t13-,14+,15+/m1/s1. The molecule has 0 aliphatic carbocycles. The Morgan fingerprint density at radius 3 is 2.60 bits per heavy atom. The van der Waals surface area contributed by atoms with Crippen LogP contribution >= 0.6 is 0 Å². The number of aryl methyl sites for hydroxylation is 1. The van der Waals surface area contributed by atoms with Gasteiger partial charge in [-0.05, 0) is 32.3 Å². The van der Waals surface area contributed by atoms with Crippen molar-refractivity contribution in [2.24, 2.45) is 11.8 Å². The Balaban J connectivity index is 1.83. The minimum atomic E-state index is -3.19. The largest absolute Gasteiger partial charge is 0.354 e. The minimum absolute atomic E-state index is 0.0380. The van der Waals surface area contributed by atoms with Crippen LogP contribution in [0.1, 0.15) is 32.8 Å². The van der Waals surface area contributed by atoms with Crippen molar-refractivity contribution >= 4 is 21.7 Å². The maximum absolute atomic E-state index is 12.5. The van der Waals surface area contributed by atoms with E-state index in [0.717, 1.165) is 12.0 Å². The molecule has 8 heteroatoms. The smallest absolute Gasteiger partial charge is 0.225 e. The lowest BCUT2D eigenvalue weighted by molar-refractivity contribution is -0.127. The lowest BCUT2D eigenvalue weighted by atomic mass is 9.87. The van der Waals surface area contributed by atoms with Crippen molar-refractivity contribution in [2.45, 2.75) is 44.9 Å². The second-order valence-corrected chi connectivity index (χ2v) is 9.62. The van der Waals surface area contributed by atoms with Gasteiger partial charge in [0.05, 0.1) is 11.0 Å². The highest BCUT2D eigenvalue weighted by Gasteiger charge is 2.50. The van der Waals surface area contributed by atoms with Gasteiger partial charge in [0.15, 0.2) is 9.84 Å². The molecule has 0 aromatic carbocycles. The van der Waals surface area contributed by atoms with E-state index in [1.807, 2.05) is 25.7 Å². The summed E-state index contributed by atoms with van der Waals surface area (Å²) in [5, 5.41) is 2.42. The number of hydrogen-bond donors (Lipinski definition) is 1. The van der Waals surface area contributed by atoms with Crippen LogP contribution in [0.25, 0.3) is 0 Å². The van der Waals surface area contributed by atoms with Crippen LogP contribution in [0.2, 0.25) is 0 Å². The van der Waals surface area contributed by atoms with E-state index in [-0.39, 0.29) is 29.5 Å². The zero-order chi connectivity index (χ0) is 18.2. The SMILES string of the molecule is CCc1cnc(N2C[C@H]3[C@H](C(=O)NC(C)C)CCS(=O)(=O)[C@H]3C2)nc1. The molecule has 3 rings (SSSR count). The molecule has 1 aromatic rings. The van der Waals surface area contributed by atoms with Crippen molar-refractivity contribution in [3.05, 3.63) is 18.0 Å². The number of amides is 1. The lowest BCUT2D eigenvalue weighted by Gasteiger charge is -2.32. The average Bonchev–Trinajstić information content (AvgIpc) is 3.01. The van der Waals surface area contributed by atoms with Gasteiger partial charge >= 0.3 is 0 Å². The van der Waals surface area contributed by atoms with Gasteiger partial charge in [0.25, 0.3) is 0 Å². The molecule has 25 heavy (non-hydrogen) atoms. The molecule has 1 amide bonds. The van der Waals surface area contributed by atoms with Crippen molar-refractivity contribution in [1.29, 1.82) is 0 Å². The zero-order valence-corrected chi connectivity index (χ0v) is 15.8. The molecule has 3 heterocycles. The molecule has 2 saturated heterocycles. The molecule has 138 valence electrons. The predicted molar refractivity (Wildman–Crippen MR) is 96.1 cm³/mol. The topological polar surface area (TPSA) is 92.3 Å². The third-order valence-corrected chi connectivity index (χ3v) is 7.38. The first-order valence-electron chi connectivity index (χ1n) is 8.89. The van der Waals surface area contributed by atoms with Crippen molar-refractivity contribution in [2.75, 3.05) is 23.7 Å². The first-order valence-corrected chi connectivity index (χ1v) is 10.6. The summed E-state index contributed by atoms with van der Waals surface area (Å²) in [6.07, 6.45) is 4.81. The van der Waals surface area contributed by atoms with E-state index < -0.39 is 15.1 Å². The van der Waals surface area contributed by atoms with Gasteiger partial charge in [-0.25, -0.2) is 18.4 Å². The second kappa shape index (κ2) is 6.90. The second-order valence-electron chi connectivity index (χ2n) is 7.28. The van der Waals surface area contributed by atoms with Gasteiger partial charge in [0, 0.05) is 43.4 Å². The number of hydrogen-bond acceptors (Lipinski definition) is 6. The number of sulfone groups is 1. The fourth-order valence-electron chi connectivity index (χ4n) is 3.80. The van der Waals surface area contributed by atoms with Crippen LogP contribution < -0.4 is 10.2 Å². The van der Waals surface area contributed by atoms with E-state index in [4.69, 9.17) is 0 Å². The number of rotatable bonds is 4. The van der Waals surface area contributed by atoms with Gasteiger partial charge in [-0.1, -0.05) is 6.92 Å². The van der Waals surface area contributed by atoms with Crippen molar-refractivity contribution in [1.82, 2.24) is 15.3 Å². The molecule has 7 nitrogen and oxygen atoms in total. The lowest BCUT2D eigenvalue weighted by Crippen LogP contribution is -2.48. The van der Waals surface area contributed by atoms with Gasteiger partial charge in [-0.15, -0.1) is 0 Å². The van der Waals surface area contributed by atoms with Crippen LogP contribution in [0.15, 0.2) is 12.4 Å². The number of aromatic nitrogens is 2. The van der Waals surface area contributed by atoms with Crippen molar-refractivity contribution in [3.8, 4) is 0 Å². The van der Waals surface area contributed by atoms with Gasteiger partial charge in [-0.3, -0.25) is 4.79 Å². The highest BCUT2D eigenvalue weighted by atomic mass is 32.2. The van der Waals surface area contributed by atoms with E-state index in [1.165, 1.54) is 0 Å². The van der Waals surface area contributed by atoms with Crippen LogP contribution in [0.3, 0.4) is 0 Å². The molecule has 0 spiro atoms. The van der Waals surface area contributed by atoms with Gasteiger partial charge in [-0.2, -0.15) is 0 Å². The normalized spacial score (nSPS) is 28.0. The summed E-state index contributed by atoms with van der Waals surface area (Å²) in [6.45, 7) is 6.74. The average molecular weight is 366 g/mol. The predicted octanol–water partition coefficient (Wildman–Crippen LogP) is 0.803. The number of fused-ring (bicyclic) bond motifs is 1. The Bertz CT molecular complexity index is 733. The van der Waals surface area contributed by atoms with E-state index in [2.05, 4.69) is 15.3 Å². The van der Waals surface area contributed by atoms with Gasteiger partial charge < -0.3 is 10.2 Å². The first-order chi connectivity index (χ1) is 11.8. The summed E-state index contributed by atoms with van der Waals surface area (Å²) < 4.78 is 25.1. The molecule has 0 unspecified atom stereocenters. The number of anilines is 1. The molecule has 1 aromatic heterocycles. The maximum atomic E-state index is 12.5. The highest BCUT2D eigenvalue weighted by molar-refractivity contribution is 7.92. The quantitative estimate of drug-likeness (QED) is 0.847. The van der Waals surface area contributed by atoms with Crippen LogP contribution in [0.5, 0.6) is 0 Å². The fourth-order valence-corrected chi connectivity index (χ4v) is 5.90. The molecule has 0 radical (unpaired) electrons. The molecule has 0 bridgehead atoms. The van der Waals surface area contributed by atoms with Crippen molar-refractivity contribution in [3.63, 3.8) is 0 Å². The summed E-state index contributed by atoms with van der Waals surface area (Å²) in [4.78, 5) is 23.2. The summed E-state index contributed by atoms with van der Waals surface area (Å²) in [6, 6.07) is 0.0481. The third-order valence-electron chi connectivity index (χ3n) is 5.15. The molecular formula is C17H26N4O3S. The zero-order valence-electron chi connectivity index (χ0n) is 15.0. The molecule has 2 aliphatic rings. The summed E-state index contributed by atoms with van der Waals surface area (Å²) in [5.41, 5.74) is 1.04. The number of nitrogens with one attached hydrogen (secondary N) is 1. The van der Waals surface area contributed by atoms with Crippen LogP contribution in [0.4, 0.5) is 5.95 Å². The number of carbonyl (C=O) groups is 1. The van der Waals surface area contributed by atoms with Crippen molar-refractivity contribution < 1.29 is 13.2 Å². The first kappa shape index (κ1) is 18.1. The van der Waals surface area contributed by atoms with E-state index >= 15 is 0 Å². The van der Waals surface area contributed by atoms with Crippen LogP contribution in [-0.4, -0.2) is 54.4 Å². The molecule has 1 N–H and O–H groups in total. The van der Waals surface area contributed by atoms with E-state index in [0.29, 0.717) is 25.5 Å². The Labute approximate surface area is 149 Å². The fraction of sp³-hybridized carbons (Fsp3) is 0.706. The van der Waals surface area contributed by atoms with E-state index in [1.54, 1.807) is 12.4 Å². The summed E-state index contributed by atoms with van der Waals surface area (Å²) in [5.74, 6) is 0.116. The summed E-state index contributed by atoms with van der Waals surface area (Å²) in [7, 11) is -3.19. The minimum Gasteiger partial charge on any atom is -0.354 e. The third kappa shape index (κ3) is 3.63. The molecule has 2 aliphatic heterocycles. The number of nitrogens with zero attached hydrogens (tertiary/aromatic N) is 3. The Kier molecular flexibility index (Phi) is 4.99. The highest BCUT2D eigenvalue weighted by Crippen LogP contribution is 2.38. The molecular weight excluding hydrogens is 340 g/mol. The molecule has 0 saturated carbocycles. The van der Waals surface area contributed by atoms with Gasteiger partial charge in [0.1, 0.15) is 0 Å². The van der Waals surface area contributed by atoms with E-state index in [9.17, 15) is 13.2 Å².